The van der Waals surface area contributed by atoms with Crippen molar-refractivity contribution in [1.29, 1.82) is 0 Å². The van der Waals surface area contributed by atoms with Crippen molar-refractivity contribution in [3.8, 4) is 17.1 Å². The Morgan fingerprint density at radius 3 is 2.57 bits per heavy atom. The zero-order valence-corrected chi connectivity index (χ0v) is 21.9. The van der Waals surface area contributed by atoms with E-state index in [1.807, 2.05) is 37.3 Å². The zero-order valence-electron chi connectivity index (χ0n) is 19.6. The minimum absolute atomic E-state index is 0.283. The number of carbonyl (C=O) groups excluding carboxylic acids is 1. The molecule has 0 radical (unpaired) electrons. The number of carbonyl (C=O) groups is 1. The quantitative estimate of drug-likeness (QED) is 0.131. The highest BCUT2D eigenvalue weighted by Crippen LogP contribution is 2.24. The number of halogens is 2. The first-order valence-corrected chi connectivity index (χ1v) is 12.5. The van der Waals surface area contributed by atoms with E-state index in [0.717, 1.165) is 15.6 Å². The molecule has 0 aliphatic rings. The second-order valence-electron chi connectivity index (χ2n) is 8.26. The van der Waals surface area contributed by atoms with Crippen molar-refractivity contribution in [2.24, 2.45) is 5.10 Å². The monoisotopic (exact) mass is 571 g/mol. The summed E-state index contributed by atoms with van der Waals surface area (Å²) in [6.45, 7) is 1.97. The van der Waals surface area contributed by atoms with Crippen molar-refractivity contribution in [2.45, 2.75) is 6.92 Å². The number of para-hydroxylation sites is 1. The molecule has 0 N–H and O–H groups in total. The summed E-state index contributed by atoms with van der Waals surface area (Å²) < 4.78 is 7.67. The fourth-order valence-electron chi connectivity index (χ4n) is 3.78. The van der Waals surface area contributed by atoms with Gasteiger partial charge in [-0.1, -0.05) is 63.4 Å². The Morgan fingerprint density at radius 1 is 1.00 bits per heavy atom. The number of esters is 1. The number of fused-ring (bicyclic) bond motifs is 1. The van der Waals surface area contributed by atoms with Crippen LogP contribution in [0.15, 0.2) is 105 Å². The third-order valence-corrected chi connectivity index (χ3v) is 6.34. The van der Waals surface area contributed by atoms with Gasteiger partial charge >= 0.3 is 5.97 Å². The Morgan fingerprint density at radius 2 is 1.78 bits per heavy atom. The summed E-state index contributed by atoms with van der Waals surface area (Å²) in [7, 11) is 0. The molecule has 8 heteroatoms. The molecule has 37 heavy (non-hydrogen) atoms. The molecule has 0 spiro atoms. The Bertz CT molecular complexity index is 1730. The van der Waals surface area contributed by atoms with Crippen LogP contribution in [0, 0.1) is 6.92 Å². The predicted octanol–water partition coefficient (Wildman–Crippen LogP) is 6.89. The second kappa shape index (κ2) is 10.5. The van der Waals surface area contributed by atoms with Gasteiger partial charge in [-0.15, -0.1) is 0 Å². The maximum Gasteiger partial charge on any atom is 0.343 e. The number of aromatic nitrogens is 2. The smallest absolute Gasteiger partial charge is 0.343 e. The van der Waals surface area contributed by atoms with Crippen LogP contribution in [0.2, 0.25) is 5.02 Å². The molecule has 1 heterocycles. The number of hydrogen-bond donors (Lipinski definition) is 0. The van der Waals surface area contributed by atoms with E-state index < -0.39 is 5.97 Å². The fraction of sp³-hybridized carbons (Fsp3) is 0.0345. The average Bonchev–Trinajstić information content (AvgIpc) is 2.89. The van der Waals surface area contributed by atoms with Crippen LogP contribution in [0.3, 0.4) is 0 Å². The van der Waals surface area contributed by atoms with E-state index in [9.17, 15) is 9.59 Å². The molecule has 182 valence electrons. The Balaban J connectivity index is 1.59. The van der Waals surface area contributed by atoms with Crippen LogP contribution in [0.4, 0.5) is 0 Å². The number of aryl methyl sites for hydroxylation is 1. The standard InChI is InChI=1S/C29H19BrClN3O3/c1-18-5-4-6-20(15-18)27-33-25-8-3-2-7-24(25)28(35)34(27)32-17-21-16-22(30)11-14-26(21)37-29(36)19-9-12-23(31)13-10-19/h2-17H,1H3. The second-order valence-corrected chi connectivity index (χ2v) is 9.61. The SMILES string of the molecule is Cc1cccc(-c2nc3ccccc3c(=O)n2N=Cc2cc(Br)ccc2OC(=O)c2ccc(Cl)cc2)c1. The summed E-state index contributed by atoms with van der Waals surface area (Å²) in [5.74, 6) is 0.141. The lowest BCUT2D eigenvalue weighted by Crippen LogP contribution is -2.20. The van der Waals surface area contributed by atoms with Crippen LogP contribution >= 0.6 is 27.5 Å². The molecular formula is C29H19BrClN3O3. The normalized spacial score (nSPS) is 11.2. The lowest BCUT2D eigenvalue weighted by Gasteiger charge is -2.11. The van der Waals surface area contributed by atoms with Crippen LogP contribution in [0.25, 0.3) is 22.3 Å². The molecule has 6 nitrogen and oxygen atoms in total. The maximum absolute atomic E-state index is 13.5. The van der Waals surface area contributed by atoms with E-state index >= 15 is 0 Å². The van der Waals surface area contributed by atoms with Gasteiger partial charge in [0, 0.05) is 20.6 Å². The van der Waals surface area contributed by atoms with Gasteiger partial charge in [0.05, 0.1) is 22.7 Å². The van der Waals surface area contributed by atoms with Crippen LogP contribution in [0.5, 0.6) is 5.75 Å². The average molecular weight is 573 g/mol. The zero-order chi connectivity index (χ0) is 25.9. The summed E-state index contributed by atoms with van der Waals surface area (Å²) in [5, 5.41) is 5.48. The van der Waals surface area contributed by atoms with Crippen molar-refractivity contribution < 1.29 is 9.53 Å². The number of ether oxygens (including phenoxy) is 1. The molecule has 0 aliphatic carbocycles. The van der Waals surface area contributed by atoms with Crippen LogP contribution in [-0.2, 0) is 0 Å². The molecule has 0 fully saturated rings. The molecule has 0 saturated carbocycles. The molecule has 1 aromatic heterocycles. The van der Waals surface area contributed by atoms with Crippen molar-refractivity contribution >= 4 is 50.6 Å². The topological polar surface area (TPSA) is 73.6 Å². The first-order chi connectivity index (χ1) is 17.9. The van der Waals surface area contributed by atoms with E-state index in [2.05, 4.69) is 21.0 Å². The molecular weight excluding hydrogens is 554 g/mol. The molecule has 0 bridgehead atoms. The summed E-state index contributed by atoms with van der Waals surface area (Å²) in [5.41, 5.74) is 2.89. The highest BCUT2D eigenvalue weighted by atomic mass is 79.9. The minimum atomic E-state index is -0.543. The third-order valence-electron chi connectivity index (χ3n) is 5.60. The van der Waals surface area contributed by atoms with Crippen molar-refractivity contribution in [3.05, 3.63) is 128 Å². The van der Waals surface area contributed by atoms with Gasteiger partial charge in [-0.05, 0) is 67.6 Å². The van der Waals surface area contributed by atoms with Crippen molar-refractivity contribution in [1.82, 2.24) is 9.66 Å². The van der Waals surface area contributed by atoms with Gasteiger partial charge < -0.3 is 4.74 Å². The largest absolute Gasteiger partial charge is 0.422 e. The van der Waals surface area contributed by atoms with Gasteiger partial charge in [0.2, 0.25) is 0 Å². The molecule has 0 unspecified atom stereocenters. The van der Waals surface area contributed by atoms with Gasteiger partial charge in [0.15, 0.2) is 5.82 Å². The summed E-state index contributed by atoms with van der Waals surface area (Å²) >= 11 is 9.38. The Labute approximate surface area is 226 Å². The molecule has 5 rings (SSSR count). The van der Waals surface area contributed by atoms with E-state index in [-0.39, 0.29) is 11.3 Å². The summed E-state index contributed by atoms with van der Waals surface area (Å²) in [6, 6.07) is 26.4. The van der Waals surface area contributed by atoms with Gasteiger partial charge in [0.1, 0.15) is 5.75 Å². The number of nitrogens with zero attached hydrogens (tertiary/aromatic N) is 3. The molecule has 0 saturated heterocycles. The van der Waals surface area contributed by atoms with Crippen LogP contribution in [-0.4, -0.2) is 21.8 Å². The highest BCUT2D eigenvalue weighted by Gasteiger charge is 2.14. The minimum Gasteiger partial charge on any atom is -0.422 e. The molecule has 0 aliphatic heterocycles. The first kappa shape index (κ1) is 24.6. The van der Waals surface area contributed by atoms with Gasteiger partial charge in [-0.2, -0.15) is 9.78 Å². The van der Waals surface area contributed by atoms with Crippen molar-refractivity contribution in [2.75, 3.05) is 0 Å². The molecule has 0 atom stereocenters. The van der Waals surface area contributed by atoms with E-state index in [0.29, 0.717) is 32.9 Å². The van der Waals surface area contributed by atoms with Gasteiger partial charge in [-0.3, -0.25) is 4.79 Å². The fourth-order valence-corrected chi connectivity index (χ4v) is 4.28. The van der Waals surface area contributed by atoms with Crippen LogP contribution in [0.1, 0.15) is 21.5 Å². The molecule has 0 amide bonds. The Hall–Kier alpha value is -4.07. The van der Waals surface area contributed by atoms with E-state index in [1.54, 1.807) is 60.7 Å². The van der Waals surface area contributed by atoms with Gasteiger partial charge in [0.25, 0.3) is 5.56 Å². The van der Waals surface area contributed by atoms with Crippen molar-refractivity contribution in [3.63, 3.8) is 0 Å². The summed E-state index contributed by atoms with van der Waals surface area (Å²) in [6.07, 6.45) is 1.48. The predicted molar refractivity (Wildman–Crippen MR) is 150 cm³/mol. The highest BCUT2D eigenvalue weighted by molar-refractivity contribution is 9.10. The van der Waals surface area contributed by atoms with E-state index in [1.165, 1.54) is 10.9 Å². The number of hydrogen-bond acceptors (Lipinski definition) is 5. The summed E-state index contributed by atoms with van der Waals surface area (Å²) in [4.78, 5) is 30.9. The Kier molecular flexibility index (Phi) is 6.99. The van der Waals surface area contributed by atoms with E-state index in [4.69, 9.17) is 21.3 Å². The van der Waals surface area contributed by atoms with Gasteiger partial charge in [-0.25, -0.2) is 9.78 Å². The maximum atomic E-state index is 13.5. The number of benzene rings is 4. The lowest BCUT2D eigenvalue weighted by atomic mass is 10.1. The number of rotatable bonds is 5. The molecule has 4 aromatic carbocycles. The third kappa shape index (κ3) is 5.38. The van der Waals surface area contributed by atoms with Crippen LogP contribution < -0.4 is 10.3 Å². The lowest BCUT2D eigenvalue weighted by molar-refractivity contribution is 0.0734. The first-order valence-electron chi connectivity index (χ1n) is 11.3. The molecule has 5 aromatic rings.